The van der Waals surface area contributed by atoms with Gasteiger partial charge in [-0.3, -0.25) is 9.36 Å². The Morgan fingerprint density at radius 2 is 1.77 bits per heavy atom. The number of fused-ring (bicyclic) bond motifs is 1. The molecule has 5 heteroatoms. The highest BCUT2D eigenvalue weighted by Crippen LogP contribution is 2.30. The number of thiophene rings is 1. The second-order valence-electron chi connectivity index (χ2n) is 7.49. The summed E-state index contributed by atoms with van der Waals surface area (Å²) in [5.41, 5.74) is 4.53. The zero-order valence-corrected chi connectivity index (χ0v) is 19.3. The third-order valence-electron chi connectivity index (χ3n) is 5.33. The number of benzene rings is 2. The summed E-state index contributed by atoms with van der Waals surface area (Å²) >= 11 is 3.33. The smallest absolute Gasteiger partial charge is 0.267 e. The van der Waals surface area contributed by atoms with Crippen LogP contribution in [0, 0.1) is 13.8 Å². The molecule has 0 saturated heterocycles. The fourth-order valence-electron chi connectivity index (χ4n) is 3.65. The zero-order valence-electron chi connectivity index (χ0n) is 17.6. The van der Waals surface area contributed by atoms with Gasteiger partial charge in [0.1, 0.15) is 4.83 Å². The van der Waals surface area contributed by atoms with Gasteiger partial charge in [0.2, 0.25) is 0 Å². The Hall–Kier alpha value is -2.37. The summed E-state index contributed by atoms with van der Waals surface area (Å²) in [5.74, 6) is 0.920. The van der Waals surface area contributed by atoms with Crippen LogP contribution in [0.25, 0.3) is 15.9 Å². The molecule has 3 nitrogen and oxygen atoms in total. The van der Waals surface area contributed by atoms with Gasteiger partial charge in [-0.05, 0) is 56.4 Å². The number of aromatic nitrogens is 2. The van der Waals surface area contributed by atoms with Gasteiger partial charge in [0.15, 0.2) is 5.16 Å². The maximum atomic E-state index is 13.6. The third kappa shape index (κ3) is 4.23. The topological polar surface area (TPSA) is 34.9 Å². The number of thioether (sulfide) groups is 1. The van der Waals surface area contributed by atoms with Crippen LogP contribution in [0.15, 0.2) is 64.5 Å². The maximum Gasteiger partial charge on any atom is 0.267 e. The molecule has 2 heterocycles. The Morgan fingerprint density at radius 1 is 1.03 bits per heavy atom. The number of aryl methyl sites for hydroxylation is 4. The molecule has 2 aromatic carbocycles. The quantitative estimate of drug-likeness (QED) is 0.193. The van der Waals surface area contributed by atoms with E-state index in [9.17, 15) is 4.79 Å². The van der Waals surface area contributed by atoms with E-state index in [2.05, 4.69) is 38.1 Å². The Balaban J connectivity index is 1.70. The predicted octanol–water partition coefficient (Wildman–Crippen LogP) is 6.35. The molecule has 2 aromatic heterocycles. The van der Waals surface area contributed by atoms with Crippen molar-refractivity contribution in [3.05, 3.63) is 86.5 Å². The van der Waals surface area contributed by atoms with Gasteiger partial charge in [-0.1, -0.05) is 66.7 Å². The summed E-state index contributed by atoms with van der Waals surface area (Å²) in [4.78, 5) is 20.6. The maximum absolute atomic E-state index is 13.6. The molecule has 0 radical (unpaired) electrons. The summed E-state index contributed by atoms with van der Waals surface area (Å²) in [5, 5.41) is 1.55. The molecule has 0 aliphatic carbocycles. The van der Waals surface area contributed by atoms with Gasteiger partial charge in [-0.15, -0.1) is 11.3 Å². The highest BCUT2D eigenvalue weighted by molar-refractivity contribution is 7.99. The van der Waals surface area contributed by atoms with Gasteiger partial charge in [-0.25, -0.2) is 4.98 Å². The number of hydrogen-bond acceptors (Lipinski definition) is 4. The Bertz CT molecular complexity index is 1210. The molecule has 0 saturated carbocycles. The van der Waals surface area contributed by atoms with Gasteiger partial charge in [0, 0.05) is 10.6 Å². The predicted molar refractivity (Wildman–Crippen MR) is 130 cm³/mol. The minimum Gasteiger partial charge on any atom is -0.268 e. The lowest BCUT2D eigenvalue weighted by Gasteiger charge is -2.12. The minimum atomic E-state index is 0.0443. The molecule has 30 heavy (non-hydrogen) atoms. The van der Waals surface area contributed by atoms with E-state index in [1.54, 1.807) is 27.7 Å². The van der Waals surface area contributed by atoms with E-state index >= 15 is 0 Å². The molecule has 0 aliphatic rings. The standard InChI is InChI=1S/C25H26N2OS2/c1-4-21-18(3)22-23(30-21)26-25(29-16-8-11-19-9-6-5-7-10-19)27(24(22)28)20-14-12-17(2)13-15-20/h5-7,9-10,12-15H,4,8,11,16H2,1-3H3. The van der Waals surface area contributed by atoms with Crippen LogP contribution < -0.4 is 5.56 Å². The molecule has 4 rings (SSSR count). The molecule has 154 valence electrons. The van der Waals surface area contributed by atoms with Crippen LogP contribution in [0.5, 0.6) is 0 Å². The first-order valence-electron chi connectivity index (χ1n) is 10.4. The summed E-state index contributed by atoms with van der Waals surface area (Å²) in [7, 11) is 0. The average molecular weight is 435 g/mol. The zero-order chi connectivity index (χ0) is 21.1. The van der Waals surface area contributed by atoms with Crippen molar-refractivity contribution in [3.63, 3.8) is 0 Å². The van der Waals surface area contributed by atoms with Gasteiger partial charge in [0.05, 0.1) is 11.1 Å². The monoisotopic (exact) mass is 434 g/mol. The van der Waals surface area contributed by atoms with Crippen LogP contribution in [-0.4, -0.2) is 15.3 Å². The molecule has 0 N–H and O–H groups in total. The minimum absolute atomic E-state index is 0.0443. The Kier molecular flexibility index (Phi) is 6.40. The first-order valence-corrected chi connectivity index (χ1v) is 12.2. The van der Waals surface area contributed by atoms with Crippen molar-refractivity contribution in [2.75, 3.05) is 5.75 Å². The highest BCUT2D eigenvalue weighted by atomic mass is 32.2. The van der Waals surface area contributed by atoms with E-state index in [0.29, 0.717) is 0 Å². The molecular formula is C25H26N2OS2. The van der Waals surface area contributed by atoms with E-state index in [1.807, 2.05) is 37.3 Å². The van der Waals surface area contributed by atoms with Crippen molar-refractivity contribution < 1.29 is 0 Å². The first kappa shape index (κ1) is 20.9. The van der Waals surface area contributed by atoms with Crippen molar-refractivity contribution >= 4 is 33.3 Å². The summed E-state index contributed by atoms with van der Waals surface area (Å²) in [6, 6.07) is 18.7. The van der Waals surface area contributed by atoms with Crippen LogP contribution in [0.1, 0.15) is 34.9 Å². The van der Waals surface area contributed by atoms with Crippen molar-refractivity contribution in [2.24, 2.45) is 0 Å². The SMILES string of the molecule is CCc1sc2nc(SCCCc3ccccc3)n(-c3ccc(C)cc3)c(=O)c2c1C. The van der Waals surface area contributed by atoms with Gasteiger partial charge >= 0.3 is 0 Å². The van der Waals surface area contributed by atoms with E-state index in [-0.39, 0.29) is 5.56 Å². The van der Waals surface area contributed by atoms with Crippen molar-refractivity contribution in [2.45, 2.75) is 45.2 Å². The summed E-state index contributed by atoms with van der Waals surface area (Å²) < 4.78 is 1.80. The molecular weight excluding hydrogens is 408 g/mol. The third-order valence-corrected chi connectivity index (χ3v) is 7.68. The molecule has 4 aromatic rings. The number of hydrogen-bond donors (Lipinski definition) is 0. The van der Waals surface area contributed by atoms with Crippen molar-refractivity contribution in [1.29, 1.82) is 0 Å². The largest absolute Gasteiger partial charge is 0.268 e. The second-order valence-corrected chi connectivity index (χ2v) is 9.64. The molecule has 0 fully saturated rings. The van der Waals surface area contributed by atoms with Crippen molar-refractivity contribution in [1.82, 2.24) is 9.55 Å². The molecule has 0 bridgehead atoms. The van der Waals surface area contributed by atoms with E-state index in [1.165, 1.54) is 16.0 Å². The molecule has 0 aliphatic heterocycles. The summed E-state index contributed by atoms with van der Waals surface area (Å²) in [6.07, 6.45) is 3.00. The fraction of sp³-hybridized carbons (Fsp3) is 0.280. The number of rotatable bonds is 7. The van der Waals surface area contributed by atoms with E-state index < -0.39 is 0 Å². The van der Waals surface area contributed by atoms with Crippen molar-refractivity contribution in [3.8, 4) is 5.69 Å². The fourth-order valence-corrected chi connectivity index (χ4v) is 5.76. The van der Waals surface area contributed by atoms with Gasteiger partial charge in [-0.2, -0.15) is 0 Å². The highest BCUT2D eigenvalue weighted by Gasteiger charge is 2.18. The first-order chi connectivity index (χ1) is 14.6. The lowest BCUT2D eigenvalue weighted by atomic mass is 10.1. The lowest BCUT2D eigenvalue weighted by molar-refractivity contribution is 0.818. The van der Waals surface area contributed by atoms with Crippen LogP contribution in [0.3, 0.4) is 0 Å². The van der Waals surface area contributed by atoms with Gasteiger partial charge in [0.25, 0.3) is 5.56 Å². The average Bonchev–Trinajstić information content (AvgIpc) is 3.09. The Labute approximate surface area is 185 Å². The van der Waals surface area contributed by atoms with Crippen LogP contribution in [0.2, 0.25) is 0 Å². The molecule has 0 unspecified atom stereocenters. The molecule has 0 atom stereocenters. The lowest BCUT2D eigenvalue weighted by Crippen LogP contribution is -2.21. The summed E-state index contributed by atoms with van der Waals surface area (Å²) in [6.45, 7) is 6.24. The molecule has 0 spiro atoms. The van der Waals surface area contributed by atoms with Crippen LogP contribution in [0.4, 0.5) is 0 Å². The molecule has 0 amide bonds. The van der Waals surface area contributed by atoms with E-state index in [4.69, 9.17) is 4.98 Å². The number of nitrogens with zero attached hydrogens (tertiary/aromatic N) is 2. The van der Waals surface area contributed by atoms with E-state index in [0.717, 1.165) is 51.6 Å². The van der Waals surface area contributed by atoms with Crippen LogP contribution in [-0.2, 0) is 12.8 Å². The van der Waals surface area contributed by atoms with Crippen LogP contribution >= 0.6 is 23.1 Å². The second kappa shape index (κ2) is 9.19. The van der Waals surface area contributed by atoms with Gasteiger partial charge < -0.3 is 0 Å². The Morgan fingerprint density at radius 3 is 2.47 bits per heavy atom. The normalized spacial score (nSPS) is 11.3.